The molecule has 0 aliphatic carbocycles. The molecule has 2 aliphatic rings. The van der Waals surface area contributed by atoms with Crippen molar-refractivity contribution in [2.75, 3.05) is 0 Å². The van der Waals surface area contributed by atoms with E-state index < -0.39 is 0 Å². The van der Waals surface area contributed by atoms with E-state index in [1.165, 1.54) is 44.8 Å². The van der Waals surface area contributed by atoms with Gasteiger partial charge in [-0.3, -0.25) is 9.98 Å². The number of rotatable bonds is 5. The van der Waals surface area contributed by atoms with Crippen LogP contribution in [-0.4, -0.2) is 11.4 Å². The number of benzene rings is 4. The van der Waals surface area contributed by atoms with Crippen LogP contribution in [0.1, 0.15) is 22.3 Å². The van der Waals surface area contributed by atoms with Crippen LogP contribution in [0, 0.1) is 0 Å². The van der Waals surface area contributed by atoms with Gasteiger partial charge in [0.25, 0.3) is 0 Å². The second-order valence-electron chi connectivity index (χ2n) is 8.72. The molecule has 4 aromatic rings. The summed E-state index contributed by atoms with van der Waals surface area (Å²) < 4.78 is 0. The first-order chi connectivity index (χ1) is 15.8. The van der Waals surface area contributed by atoms with Gasteiger partial charge in [-0.25, -0.2) is 0 Å². The average molecular weight is 413 g/mol. The maximum atomic E-state index is 4.89. The van der Waals surface area contributed by atoms with E-state index >= 15 is 0 Å². The van der Waals surface area contributed by atoms with Gasteiger partial charge in [0.15, 0.2) is 0 Å². The van der Waals surface area contributed by atoms with Crippen LogP contribution in [0.4, 0.5) is 11.4 Å². The lowest BCUT2D eigenvalue weighted by atomic mass is 9.96. The van der Waals surface area contributed by atoms with E-state index in [9.17, 15) is 0 Å². The summed E-state index contributed by atoms with van der Waals surface area (Å²) >= 11 is 0. The predicted octanol–water partition coefficient (Wildman–Crippen LogP) is 7.10. The fraction of sp³-hybridized carbons (Fsp3) is 0.133. The summed E-state index contributed by atoms with van der Waals surface area (Å²) in [4.78, 5) is 9.78. The molecule has 0 aromatic heterocycles. The molecular weight excluding hydrogens is 388 g/mol. The summed E-state index contributed by atoms with van der Waals surface area (Å²) in [6.07, 6.45) is 3.72. The van der Waals surface area contributed by atoms with E-state index in [2.05, 4.69) is 97.1 Å². The molecule has 0 atom stereocenters. The lowest BCUT2D eigenvalue weighted by molar-refractivity contribution is 1.26. The molecule has 4 aromatic carbocycles. The zero-order chi connectivity index (χ0) is 21.3. The molecular formula is C30H24N2. The number of hydrogen-bond donors (Lipinski definition) is 0. The minimum atomic E-state index is 0.922. The molecule has 154 valence electrons. The van der Waals surface area contributed by atoms with Crippen LogP contribution in [0.25, 0.3) is 11.1 Å². The molecule has 2 heteroatoms. The zero-order valence-corrected chi connectivity index (χ0v) is 18.0. The van der Waals surface area contributed by atoms with E-state index in [-0.39, 0.29) is 0 Å². The highest BCUT2D eigenvalue weighted by atomic mass is 14.8. The molecule has 0 N–H and O–H groups in total. The minimum Gasteiger partial charge on any atom is -0.257 e. The van der Waals surface area contributed by atoms with Gasteiger partial charge >= 0.3 is 0 Å². The highest BCUT2D eigenvalue weighted by Gasteiger charge is 2.18. The van der Waals surface area contributed by atoms with Crippen molar-refractivity contribution in [3.63, 3.8) is 0 Å². The Balaban J connectivity index is 1.18. The molecule has 0 spiro atoms. The first-order valence-electron chi connectivity index (χ1n) is 11.3. The van der Waals surface area contributed by atoms with E-state index in [1.54, 1.807) is 0 Å². The summed E-state index contributed by atoms with van der Waals surface area (Å²) in [5.74, 6) is 0. The molecule has 0 saturated carbocycles. The van der Waals surface area contributed by atoms with Crippen LogP contribution < -0.4 is 0 Å². The number of aliphatic imine (C=N–C) groups is 2. The van der Waals surface area contributed by atoms with Crippen molar-refractivity contribution >= 4 is 22.8 Å². The van der Waals surface area contributed by atoms with E-state index in [0.29, 0.717) is 0 Å². The van der Waals surface area contributed by atoms with Crippen LogP contribution in [0.15, 0.2) is 107 Å². The SMILES string of the molecule is c1ccc(CC2=Nc3ccc(-c4ccc5c(c4)CC(Cc4ccccc4)=N5)cc3C2)cc1. The Kier molecular flexibility index (Phi) is 4.77. The maximum absolute atomic E-state index is 4.89. The summed E-state index contributed by atoms with van der Waals surface area (Å²) in [6.45, 7) is 0. The van der Waals surface area contributed by atoms with Crippen LogP contribution in [0.5, 0.6) is 0 Å². The van der Waals surface area contributed by atoms with Crippen LogP contribution in [-0.2, 0) is 25.7 Å². The monoisotopic (exact) mass is 412 g/mol. The lowest BCUT2D eigenvalue weighted by Crippen LogP contribution is -2.02. The molecule has 0 amide bonds. The molecule has 2 aliphatic heterocycles. The number of hydrogen-bond acceptors (Lipinski definition) is 2. The van der Waals surface area contributed by atoms with Crippen molar-refractivity contribution in [3.8, 4) is 11.1 Å². The van der Waals surface area contributed by atoms with Gasteiger partial charge in [0.05, 0.1) is 11.4 Å². The first kappa shape index (κ1) is 18.9. The third kappa shape index (κ3) is 3.80. The fourth-order valence-electron chi connectivity index (χ4n) is 4.76. The number of fused-ring (bicyclic) bond motifs is 2. The molecule has 2 heterocycles. The third-order valence-corrected chi connectivity index (χ3v) is 6.34. The topological polar surface area (TPSA) is 24.7 Å². The van der Waals surface area contributed by atoms with E-state index in [0.717, 1.165) is 37.1 Å². The lowest BCUT2D eigenvalue weighted by Gasteiger charge is -2.07. The average Bonchev–Trinajstić information content (AvgIpc) is 3.42. The van der Waals surface area contributed by atoms with E-state index in [4.69, 9.17) is 9.98 Å². The molecule has 2 nitrogen and oxygen atoms in total. The Hall–Kier alpha value is -3.78. The second kappa shape index (κ2) is 8.05. The Morgan fingerprint density at radius 3 is 1.38 bits per heavy atom. The van der Waals surface area contributed by atoms with Crippen molar-refractivity contribution in [2.24, 2.45) is 9.98 Å². The van der Waals surface area contributed by atoms with Gasteiger partial charge in [-0.05, 0) is 57.6 Å². The van der Waals surface area contributed by atoms with Crippen molar-refractivity contribution in [2.45, 2.75) is 25.7 Å². The first-order valence-corrected chi connectivity index (χ1v) is 11.3. The largest absolute Gasteiger partial charge is 0.257 e. The van der Waals surface area contributed by atoms with Crippen LogP contribution >= 0.6 is 0 Å². The molecule has 0 radical (unpaired) electrons. The Bertz CT molecular complexity index is 1240. The highest BCUT2D eigenvalue weighted by Crippen LogP contribution is 2.35. The Morgan fingerprint density at radius 1 is 0.500 bits per heavy atom. The number of nitrogens with zero attached hydrogens (tertiary/aromatic N) is 2. The van der Waals surface area contributed by atoms with Crippen LogP contribution in [0.2, 0.25) is 0 Å². The van der Waals surface area contributed by atoms with Gasteiger partial charge in [0.1, 0.15) is 0 Å². The fourth-order valence-corrected chi connectivity index (χ4v) is 4.76. The predicted molar refractivity (Wildman–Crippen MR) is 134 cm³/mol. The molecule has 0 unspecified atom stereocenters. The maximum Gasteiger partial charge on any atom is 0.0665 e. The Labute approximate surface area is 189 Å². The molecule has 32 heavy (non-hydrogen) atoms. The summed E-state index contributed by atoms with van der Waals surface area (Å²) in [6, 6.07) is 34.6. The minimum absolute atomic E-state index is 0.922. The molecule has 0 fully saturated rings. The third-order valence-electron chi connectivity index (χ3n) is 6.34. The van der Waals surface area contributed by atoms with Gasteiger partial charge < -0.3 is 0 Å². The summed E-state index contributed by atoms with van der Waals surface area (Å²) in [5, 5.41) is 0. The molecule has 6 rings (SSSR count). The normalized spacial score (nSPS) is 14.0. The van der Waals surface area contributed by atoms with Gasteiger partial charge in [-0.15, -0.1) is 0 Å². The second-order valence-corrected chi connectivity index (χ2v) is 8.72. The van der Waals surface area contributed by atoms with Crippen molar-refractivity contribution in [1.82, 2.24) is 0 Å². The molecule has 0 bridgehead atoms. The highest BCUT2D eigenvalue weighted by molar-refractivity contribution is 5.97. The van der Waals surface area contributed by atoms with Gasteiger partial charge in [0, 0.05) is 37.1 Å². The van der Waals surface area contributed by atoms with Gasteiger partial charge in [-0.2, -0.15) is 0 Å². The summed E-state index contributed by atoms with van der Waals surface area (Å²) in [5.41, 5.74) is 12.6. The van der Waals surface area contributed by atoms with Crippen molar-refractivity contribution in [1.29, 1.82) is 0 Å². The van der Waals surface area contributed by atoms with Gasteiger partial charge in [-0.1, -0.05) is 72.8 Å². The van der Waals surface area contributed by atoms with E-state index in [1.807, 2.05) is 0 Å². The van der Waals surface area contributed by atoms with Crippen LogP contribution in [0.3, 0.4) is 0 Å². The van der Waals surface area contributed by atoms with Crippen molar-refractivity contribution < 1.29 is 0 Å². The van der Waals surface area contributed by atoms with Gasteiger partial charge in [0.2, 0.25) is 0 Å². The molecule has 0 saturated heterocycles. The Morgan fingerprint density at radius 2 is 0.938 bits per heavy atom. The smallest absolute Gasteiger partial charge is 0.0665 e. The summed E-state index contributed by atoms with van der Waals surface area (Å²) in [7, 11) is 0. The standard InChI is InChI=1S/C30H24N2/c1-3-7-21(8-4-1)15-27-19-25-17-23(11-13-29(25)31-27)24-12-14-30-26(18-24)20-28(32-30)16-22-9-5-2-6-10-22/h1-14,17-18H,15-16,19-20H2. The quantitative estimate of drug-likeness (QED) is 0.334. The van der Waals surface area contributed by atoms with Crippen molar-refractivity contribution in [3.05, 3.63) is 119 Å². The zero-order valence-electron chi connectivity index (χ0n) is 18.0.